The van der Waals surface area contributed by atoms with Crippen LogP contribution in [0, 0.1) is 5.41 Å². The van der Waals surface area contributed by atoms with Gasteiger partial charge in [-0.15, -0.1) is 0 Å². The van der Waals surface area contributed by atoms with Gasteiger partial charge in [-0.05, 0) is 5.41 Å². The molecule has 1 heterocycles. The Morgan fingerprint density at radius 1 is 1.29 bits per heavy atom. The predicted molar refractivity (Wildman–Crippen MR) is 54.0 cm³/mol. The molecule has 0 spiro atoms. The highest BCUT2D eigenvalue weighted by Gasteiger charge is 2.43. The van der Waals surface area contributed by atoms with E-state index in [-0.39, 0.29) is 0 Å². The summed E-state index contributed by atoms with van der Waals surface area (Å²) in [7, 11) is 0. The molecule has 0 aromatic carbocycles. The Morgan fingerprint density at radius 2 is 1.82 bits per heavy atom. The van der Waals surface area contributed by atoms with Gasteiger partial charge in [0.05, 0.1) is 6.54 Å². The van der Waals surface area contributed by atoms with Crippen molar-refractivity contribution in [2.75, 3.05) is 13.1 Å². The number of piperazine rings is 1. The first-order valence-electron chi connectivity index (χ1n) is 5.15. The van der Waals surface area contributed by atoms with Gasteiger partial charge in [-0.1, -0.05) is 20.8 Å². The zero-order valence-corrected chi connectivity index (χ0v) is 9.89. The van der Waals surface area contributed by atoms with E-state index in [1.54, 1.807) is 20.8 Å². The number of carbonyl (C=O) groups is 2. The molecule has 0 radical (unpaired) electrons. The number of nitrogens with zero attached hydrogens (tertiary/aromatic N) is 1. The molecule has 1 aliphatic rings. The Hall–Kier alpha value is -1.27. The Morgan fingerprint density at radius 3 is 2.24 bits per heavy atom. The van der Waals surface area contributed by atoms with E-state index in [1.165, 1.54) is 0 Å². The molecule has 17 heavy (non-hydrogen) atoms. The molecule has 0 aromatic rings. The first kappa shape index (κ1) is 13.8. The molecule has 0 bridgehead atoms. The van der Waals surface area contributed by atoms with Crippen LogP contribution in [0.25, 0.3) is 0 Å². The van der Waals surface area contributed by atoms with Crippen LogP contribution in [0.15, 0.2) is 0 Å². The van der Waals surface area contributed by atoms with Crippen molar-refractivity contribution in [3.8, 4) is 0 Å². The molecule has 1 unspecified atom stereocenters. The maximum atomic E-state index is 12.2. The van der Waals surface area contributed by atoms with Gasteiger partial charge in [0.25, 0.3) is 0 Å². The van der Waals surface area contributed by atoms with E-state index in [4.69, 9.17) is 0 Å². The van der Waals surface area contributed by atoms with E-state index in [0.717, 1.165) is 0 Å². The Kier molecular flexibility index (Phi) is 3.40. The number of hydrogen-bond donors (Lipinski definition) is 1. The molecule has 1 rings (SSSR count). The molecular formula is C10H15F3N2O2. The van der Waals surface area contributed by atoms with Crippen LogP contribution in [0.2, 0.25) is 0 Å². The maximum absolute atomic E-state index is 12.2. The molecule has 7 heteroatoms. The number of hydrogen-bond acceptors (Lipinski definition) is 2. The lowest BCUT2D eigenvalue weighted by Gasteiger charge is -2.39. The fraction of sp³-hybridized carbons (Fsp3) is 0.800. The van der Waals surface area contributed by atoms with Crippen molar-refractivity contribution in [1.82, 2.24) is 10.2 Å². The average molecular weight is 252 g/mol. The molecular weight excluding hydrogens is 237 g/mol. The van der Waals surface area contributed by atoms with Gasteiger partial charge in [-0.25, -0.2) is 0 Å². The summed E-state index contributed by atoms with van der Waals surface area (Å²) in [5.41, 5.74) is -0.614. The summed E-state index contributed by atoms with van der Waals surface area (Å²) in [6, 6.07) is -0.911. The predicted octanol–water partition coefficient (Wildman–Crippen LogP) is 0.922. The van der Waals surface area contributed by atoms with Gasteiger partial charge in [0, 0.05) is 0 Å². The van der Waals surface area contributed by atoms with Crippen molar-refractivity contribution < 1.29 is 22.8 Å². The van der Waals surface area contributed by atoms with Gasteiger partial charge in [0.15, 0.2) is 0 Å². The van der Waals surface area contributed by atoms with E-state index in [2.05, 4.69) is 5.32 Å². The van der Waals surface area contributed by atoms with Crippen LogP contribution >= 0.6 is 0 Å². The summed E-state index contributed by atoms with van der Waals surface area (Å²) in [4.78, 5) is 23.6. The van der Waals surface area contributed by atoms with Crippen LogP contribution in [-0.2, 0) is 9.59 Å². The topological polar surface area (TPSA) is 49.4 Å². The van der Waals surface area contributed by atoms with Gasteiger partial charge in [-0.2, -0.15) is 13.2 Å². The van der Waals surface area contributed by atoms with E-state index >= 15 is 0 Å². The summed E-state index contributed by atoms with van der Waals surface area (Å²) in [6.45, 7) is 3.14. The highest BCUT2D eigenvalue weighted by Crippen LogP contribution is 2.25. The highest BCUT2D eigenvalue weighted by atomic mass is 19.4. The summed E-state index contributed by atoms with van der Waals surface area (Å²) >= 11 is 0. The van der Waals surface area contributed by atoms with Crippen molar-refractivity contribution in [1.29, 1.82) is 0 Å². The second kappa shape index (κ2) is 4.19. The molecule has 1 atom stereocenters. The molecule has 2 amide bonds. The highest BCUT2D eigenvalue weighted by molar-refractivity contribution is 5.95. The molecule has 0 saturated carbocycles. The monoisotopic (exact) mass is 252 g/mol. The minimum absolute atomic E-state index is 0.537. The zero-order chi connectivity index (χ0) is 13.4. The fourth-order valence-corrected chi connectivity index (χ4v) is 1.64. The van der Waals surface area contributed by atoms with Gasteiger partial charge in [0.1, 0.15) is 12.6 Å². The number of carbonyl (C=O) groups excluding carboxylic acids is 2. The van der Waals surface area contributed by atoms with Crippen LogP contribution in [0.1, 0.15) is 20.8 Å². The first-order chi connectivity index (χ1) is 7.50. The normalized spacial score (nSPS) is 22.7. The van der Waals surface area contributed by atoms with Gasteiger partial charge in [-0.3, -0.25) is 9.59 Å². The van der Waals surface area contributed by atoms with E-state index in [9.17, 15) is 22.8 Å². The Bertz CT molecular complexity index is 333. The minimum Gasteiger partial charge on any atom is -0.342 e. The standard InChI is InChI=1S/C10H15F3N2O2/c1-9(2,3)7-8(17)15(4-6(16)14-7)5-10(11,12)13/h7H,4-5H2,1-3H3,(H,14,16). The largest absolute Gasteiger partial charge is 0.406 e. The van der Waals surface area contributed by atoms with Crippen LogP contribution < -0.4 is 5.32 Å². The van der Waals surface area contributed by atoms with Crippen molar-refractivity contribution in [3.05, 3.63) is 0 Å². The van der Waals surface area contributed by atoms with Gasteiger partial charge >= 0.3 is 6.18 Å². The maximum Gasteiger partial charge on any atom is 0.406 e. The lowest BCUT2D eigenvalue weighted by atomic mass is 9.85. The van der Waals surface area contributed by atoms with Crippen molar-refractivity contribution in [3.63, 3.8) is 0 Å². The molecule has 1 saturated heterocycles. The Labute approximate surface area is 97.1 Å². The van der Waals surface area contributed by atoms with Crippen LogP contribution in [0.3, 0.4) is 0 Å². The van der Waals surface area contributed by atoms with Crippen molar-refractivity contribution in [2.45, 2.75) is 33.0 Å². The summed E-state index contributed by atoms with van der Waals surface area (Å²) in [5.74, 6) is -1.25. The van der Waals surface area contributed by atoms with E-state index in [0.29, 0.717) is 4.90 Å². The molecule has 1 fully saturated rings. The lowest BCUT2D eigenvalue weighted by Crippen LogP contribution is -2.63. The van der Waals surface area contributed by atoms with Gasteiger partial charge < -0.3 is 10.2 Å². The first-order valence-corrected chi connectivity index (χ1v) is 5.15. The molecule has 0 aliphatic carbocycles. The lowest BCUT2D eigenvalue weighted by molar-refractivity contribution is -0.170. The zero-order valence-electron chi connectivity index (χ0n) is 9.89. The van der Waals surface area contributed by atoms with Crippen LogP contribution in [0.4, 0.5) is 13.2 Å². The number of rotatable bonds is 1. The number of amides is 2. The second-order valence-corrected chi connectivity index (χ2v) is 5.18. The molecule has 98 valence electrons. The van der Waals surface area contributed by atoms with Gasteiger partial charge in [0.2, 0.25) is 11.8 Å². The fourth-order valence-electron chi connectivity index (χ4n) is 1.64. The number of halogens is 3. The average Bonchev–Trinajstić information content (AvgIpc) is 2.06. The van der Waals surface area contributed by atoms with Crippen LogP contribution in [-0.4, -0.2) is 42.0 Å². The SMILES string of the molecule is CC(C)(C)C1NC(=O)CN(CC(F)(F)F)C1=O. The Balaban J connectivity index is 2.87. The quantitative estimate of drug-likeness (QED) is 0.754. The summed E-state index contributed by atoms with van der Waals surface area (Å²) in [5, 5.41) is 2.42. The number of nitrogens with one attached hydrogen (secondary N) is 1. The molecule has 1 N–H and O–H groups in total. The van der Waals surface area contributed by atoms with Crippen molar-refractivity contribution in [2.24, 2.45) is 5.41 Å². The second-order valence-electron chi connectivity index (χ2n) is 5.18. The minimum atomic E-state index is -4.49. The smallest absolute Gasteiger partial charge is 0.342 e. The van der Waals surface area contributed by atoms with E-state index < -0.39 is 42.5 Å². The number of alkyl halides is 3. The summed E-state index contributed by atoms with van der Waals surface area (Å²) in [6.07, 6.45) is -4.49. The van der Waals surface area contributed by atoms with Crippen molar-refractivity contribution >= 4 is 11.8 Å². The third-order valence-electron chi connectivity index (χ3n) is 2.43. The third kappa shape index (κ3) is 3.61. The molecule has 1 aliphatic heterocycles. The van der Waals surface area contributed by atoms with Crippen LogP contribution in [0.5, 0.6) is 0 Å². The van der Waals surface area contributed by atoms with E-state index in [1.807, 2.05) is 0 Å². The third-order valence-corrected chi connectivity index (χ3v) is 2.43. The summed E-state index contributed by atoms with van der Waals surface area (Å²) < 4.78 is 36.7. The molecule has 0 aromatic heterocycles. The molecule has 4 nitrogen and oxygen atoms in total.